The van der Waals surface area contributed by atoms with Gasteiger partial charge in [-0.1, -0.05) is 25.6 Å². The van der Waals surface area contributed by atoms with Crippen LogP contribution in [0.2, 0.25) is 0 Å². The summed E-state index contributed by atoms with van der Waals surface area (Å²) >= 11 is 0. The third-order valence-corrected chi connectivity index (χ3v) is 3.20. The Morgan fingerprint density at radius 2 is 1.77 bits per heavy atom. The average Bonchev–Trinajstić information content (AvgIpc) is 2.42. The third kappa shape index (κ3) is 2.59. The molecule has 0 atom stereocenters. The van der Waals surface area contributed by atoms with Crippen molar-refractivity contribution in [2.24, 2.45) is 0 Å². The molecule has 0 saturated heterocycles. The van der Waals surface area contributed by atoms with Gasteiger partial charge in [-0.15, -0.1) is 0 Å². The van der Waals surface area contributed by atoms with Crippen molar-refractivity contribution in [3.05, 3.63) is 53.6 Å². The number of carbonyl (C=O) groups is 1. The van der Waals surface area contributed by atoms with E-state index in [1.54, 1.807) is 18.2 Å². The first-order valence-corrected chi connectivity index (χ1v) is 6.00. The second kappa shape index (κ2) is 5.29. The average molecular weight is 307 g/mol. The summed E-state index contributed by atoms with van der Waals surface area (Å²) < 4.78 is 38.1. The van der Waals surface area contributed by atoms with E-state index < -0.39 is 17.7 Å². The molecule has 0 aliphatic heterocycles. The Morgan fingerprint density at radius 3 is 2.41 bits per heavy atom. The fourth-order valence-electron chi connectivity index (χ4n) is 2.20. The monoisotopic (exact) mass is 307 g/mol. The lowest BCUT2D eigenvalue weighted by molar-refractivity contribution is -0.137. The second-order valence-corrected chi connectivity index (χ2v) is 4.58. The van der Waals surface area contributed by atoms with Gasteiger partial charge in [0, 0.05) is 10.8 Å². The van der Waals surface area contributed by atoms with Gasteiger partial charge in [-0.2, -0.15) is 13.2 Å². The highest BCUT2D eigenvalue weighted by Gasteiger charge is 2.30. The Morgan fingerprint density at radius 1 is 1.05 bits per heavy atom. The van der Waals surface area contributed by atoms with E-state index in [0.717, 1.165) is 12.1 Å². The van der Waals surface area contributed by atoms with Crippen molar-refractivity contribution in [2.75, 3.05) is 0 Å². The Balaban J connectivity index is 0.00000176. The molecular weight excluding hydrogens is 295 g/mol. The highest BCUT2D eigenvalue weighted by Crippen LogP contribution is 2.32. The van der Waals surface area contributed by atoms with Crippen LogP contribution in [0.5, 0.6) is 0 Å². The number of aromatic carboxylic acids is 1. The van der Waals surface area contributed by atoms with Crippen LogP contribution in [0.25, 0.3) is 21.8 Å². The molecule has 3 aromatic rings. The number of alkyl halides is 3. The van der Waals surface area contributed by atoms with E-state index in [0.29, 0.717) is 10.8 Å². The van der Waals surface area contributed by atoms with Crippen molar-refractivity contribution in [3.63, 3.8) is 0 Å². The summed E-state index contributed by atoms with van der Waals surface area (Å²) in [5, 5.41) is 10.2. The molecule has 3 rings (SSSR count). The number of rotatable bonds is 1. The number of carboxylic acid groups (broad SMARTS) is 1. The van der Waals surface area contributed by atoms with Crippen molar-refractivity contribution < 1.29 is 23.1 Å². The molecule has 3 nitrogen and oxygen atoms in total. The largest absolute Gasteiger partial charge is 0.478 e. The predicted molar refractivity (Wildman–Crippen MR) is 77.9 cm³/mol. The summed E-state index contributed by atoms with van der Waals surface area (Å²) in [5.41, 5.74) is -0.552. The van der Waals surface area contributed by atoms with Crippen LogP contribution >= 0.6 is 0 Å². The molecule has 2 aromatic carbocycles. The molecule has 0 amide bonds. The maximum atomic E-state index is 12.7. The van der Waals surface area contributed by atoms with Gasteiger partial charge < -0.3 is 5.11 Å². The van der Waals surface area contributed by atoms with Crippen LogP contribution in [0, 0.1) is 0 Å². The van der Waals surface area contributed by atoms with E-state index in [9.17, 15) is 18.0 Å². The molecule has 22 heavy (non-hydrogen) atoms. The van der Waals surface area contributed by atoms with Crippen LogP contribution in [-0.2, 0) is 6.18 Å². The molecule has 0 aliphatic rings. The number of nitrogens with zero attached hydrogens (tertiary/aromatic N) is 1. The van der Waals surface area contributed by atoms with Gasteiger partial charge in [-0.3, -0.25) is 0 Å². The minimum absolute atomic E-state index is 0. The number of hydrogen-bond donors (Lipinski definition) is 1. The molecule has 114 valence electrons. The summed E-state index contributed by atoms with van der Waals surface area (Å²) in [4.78, 5) is 15.2. The van der Waals surface area contributed by atoms with Crippen LogP contribution in [0.1, 0.15) is 23.3 Å². The molecule has 0 aliphatic carbocycles. The van der Waals surface area contributed by atoms with Crippen LogP contribution in [0.4, 0.5) is 13.2 Å². The Kier molecular flexibility index (Phi) is 3.79. The van der Waals surface area contributed by atoms with Crippen molar-refractivity contribution in [1.82, 2.24) is 4.98 Å². The van der Waals surface area contributed by atoms with Gasteiger partial charge in [-0.25, -0.2) is 9.78 Å². The standard InChI is InChI=1S/C15H8F3NO2.CH4/c16-15(17,18)10-5-4-8-6-9-2-1-3-11(14(20)21)13(9)19-12(8)7-10;/h1-7H,(H,20,21);1H4. The fourth-order valence-corrected chi connectivity index (χ4v) is 2.20. The zero-order chi connectivity index (χ0) is 15.2. The van der Waals surface area contributed by atoms with Crippen molar-refractivity contribution in [2.45, 2.75) is 13.6 Å². The van der Waals surface area contributed by atoms with Crippen LogP contribution in [0.3, 0.4) is 0 Å². The number of hydrogen-bond acceptors (Lipinski definition) is 2. The zero-order valence-corrected chi connectivity index (χ0v) is 10.5. The molecule has 0 radical (unpaired) electrons. The zero-order valence-electron chi connectivity index (χ0n) is 10.5. The lowest BCUT2D eigenvalue weighted by Crippen LogP contribution is -2.05. The first-order chi connectivity index (χ1) is 9.86. The van der Waals surface area contributed by atoms with Gasteiger partial charge in [0.25, 0.3) is 0 Å². The number of aromatic nitrogens is 1. The number of benzene rings is 2. The summed E-state index contributed by atoms with van der Waals surface area (Å²) in [7, 11) is 0. The minimum Gasteiger partial charge on any atom is -0.478 e. The lowest BCUT2D eigenvalue weighted by atomic mass is 10.1. The van der Waals surface area contributed by atoms with Gasteiger partial charge in [0.15, 0.2) is 0 Å². The molecule has 0 spiro atoms. The van der Waals surface area contributed by atoms with Gasteiger partial charge in [0.1, 0.15) is 0 Å². The van der Waals surface area contributed by atoms with E-state index in [2.05, 4.69) is 4.98 Å². The van der Waals surface area contributed by atoms with Gasteiger partial charge in [0.2, 0.25) is 0 Å². The molecule has 0 fully saturated rings. The SMILES string of the molecule is C.O=C(O)c1cccc2cc3ccc(C(F)(F)F)cc3nc12. The molecule has 1 aromatic heterocycles. The normalized spacial score (nSPS) is 11.4. The number of fused-ring (bicyclic) bond motifs is 2. The van der Waals surface area contributed by atoms with Crippen molar-refractivity contribution in [3.8, 4) is 0 Å². The van der Waals surface area contributed by atoms with Gasteiger partial charge in [0.05, 0.1) is 22.2 Å². The molecule has 0 unspecified atom stereocenters. The van der Waals surface area contributed by atoms with Crippen LogP contribution < -0.4 is 0 Å². The number of halogens is 3. The molecule has 0 bridgehead atoms. The lowest BCUT2D eigenvalue weighted by Gasteiger charge is -2.09. The van der Waals surface area contributed by atoms with Crippen LogP contribution in [-0.4, -0.2) is 16.1 Å². The molecule has 1 heterocycles. The highest BCUT2D eigenvalue weighted by atomic mass is 19.4. The molecule has 1 N–H and O–H groups in total. The van der Waals surface area contributed by atoms with Gasteiger partial charge >= 0.3 is 12.1 Å². The maximum Gasteiger partial charge on any atom is 0.416 e. The molecule has 0 saturated carbocycles. The first kappa shape index (κ1) is 15.8. The van der Waals surface area contributed by atoms with E-state index in [1.165, 1.54) is 12.1 Å². The van der Waals surface area contributed by atoms with E-state index in [1.807, 2.05) is 0 Å². The predicted octanol–water partition coefficient (Wildman–Crippen LogP) is 4.74. The third-order valence-electron chi connectivity index (χ3n) is 3.20. The Hall–Kier alpha value is -2.63. The second-order valence-electron chi connectivity index (χ2n) is 4.58. The molecular formula is C16H12F3NO2. The summed E-state index contributed by atoms with van der Waals surface area (Å²) in [5.74, 6) is -1.17. The van der Waals surface area contributed by atoms with E-state index in [4.69, 9.17) is 5.11 Å². The Bertz CT molecular complexity index is 872. The maximum absolute atomic E-state index is 12.7. The summed E-state index contributed by atoms with van der Waals surface area (Å²) in [6, 6.07) is 9.49. The summed E-state index contributed by atoms with van der Waals surface area (Å²) in [6.45, 7) is 0. The highest BCUT2D eigenvalue weighted by molar-refractivity contribution is 6.04. The van der Waals surface area contributed by atoms with E-state index >= 15 is 0 Å². The van der Waals surface area contributed by atoms with Crippen LogP contribution in [0.15, 0.2) is 42.5 Å². The fraction of sp³-hybridized carbons (Fsp3) is 0.125. The smallest absolute Gasteiger partial charge is 0.416 e. The topological polar surface area (TPSA) is 50.2 Å². The van der Waals surface area contributed by atoms with E-state index in [-0.39, 0.29) is 24.0 Å². The Labute approximate surface area is 124 Å². The quantitative estimate of drug-likeness (QED) is 0.661. The number of carboxylic acids is 1. The number of pyridine rings is 1. The van der Waals surface area contributed by atoms with Crippen molar-refractivity contribution >= 4 is 27.8 Å². The summed E-state index contributed by atoms with van der Waals surface area (Å²) in [6.07, 6.45) is -4.46. The molecule has 6 heteroatoms. The minimum atomic E-state index is -4.46. The van der Waals surface area contributed by atoms with Gasteiger partial charge in [-0.05, 0) is 24.3 Å². The van der Waals surface area contributed by atoms with Crippen molar-refractivity contribution in [1.29, 1.82) is 0 Å². The number of para-hydroxylation sites is 1. The first-order valence-electron chi connectivity index (χ1n) is 6.00.